The molecular weight excluding hydrogens is 382 g/mol. The number of ether oxygens (including phenoxy) is 4. The van der Waals surface area contributed by atoms with E-state index in [2.05, 4.69) is 5.32 Å². The van der Waals surface area contributed by atoms with Gasteiger partial charge in [0.15, 0.2) is 29.4 Å². The number of benzene rings is 2. The van der Waals surface area contributed by atoms with Crippen molar-refractivity contribution < 1.29 is 33.0 Å². The molecule has 9 heteroatoms. The number of fused-ring (bicyclic) bond motifs is 2. The van der Waals surface area contributed by atoms with Crippen LogP contribution in [0.2, 0.25) is 0 Å². The Kier molecular flexibility index (Phi) is 4.78. The zero-order chi connectivity index (χ0) is 20.4. The molecule has 0 saturated carbocycles. The van der Waals surface area contributed by atoms with Crippen LogP contribution in [0.3, 0.4) is 0 Å². The van der Waals surface area contributed by atoms with Gasteiger partial charge in [-0.25, -0.2) is 9.59 Å². The molecule has 1 aromatic heterocycles. The second kappa shape index (κ2) is 7.55. The summed E-state index contributed by atoms with van der Waals surface area (Å²) in [5, 5.41) is 3.05. The number of hydrogen-bond acceptors (Lipinski definition) is 8. The van der Waals surface area contributed by atoms with Gasteiger partial charge in [-0.2, -0.15) is 0 Å². The van der Waals surface area contributed by atoms with E-state index in [1.165, 1.54) is 13.2 Å². The van der Waals surface area contributed by atoms with Crippen molar-refractivity contribution in [3.05, 3.63) is 58.4 Å². The van der Waals surface area contributed by atoms with E-state index in [-0.39, 0.29) is 17.9 Å². The molecule has 2 aromatic carbocycles. The number of para-hydroxylation sites is 1. The minimum Gasteiger partial charge on any atom is -0.493 e. The van der Waals surface area contributed by atoms with Crippen molar-refractivity contribution in [2.24, 2.45) is 0 Å². The van der Waals surface area contributed by atoms with Gasteiger partial charge in [0.05, 0.1) is 7.11 Å². The summed E-state index contributed by atoms with van der Waals surface area (Å²) in [6.45, 7) is -0.465. The minimum atomic E-state index is -0.968. The van der Waals surface area contributed by atoms with E-state index in [1.54, 1.807) is 36.4 Å². The predicted octanol–water partition coefficient (Wildman–Crippen LogP) is 2.33. The van der Waals surface area contributed by atoms with Crippen molar-refractivity contribution >= 4 is 28.5 Å². The largest absolute Gasteiger partial charge is 0.493 e. The lowest BCUT2D eigenvalue weighted by molar-refractivity contribution is -0.119. The summed E-state index contributed by atoms with van der Waals surface area (Å²) in [6, 6.07) is 11.2. The number of nitrogens with one attached hydrogen (secondary N) is 1. The maximum absolute atomic E-state index is 12.2. The number of methoxy groups -OCH3 is 1. The van der Waals surface area contributed by atoms with Crippen molar-refractivity contribution in [1.29, 1.82) is 0 Å². The van der Waals surface area contributed by atoms with Gasteiger partial charge >= 0.3 is 11.6 Å². The van der Waals surface area contributed by atoms with E-state index in [9.17, 15) is 14.4 Å². The Morgan fingerprint density at radius 3 is 2.76 bits per heavy atom. The average molecular weight is 397 g/mol. The zero-order valence-corrected chi connectivity index (χ0v) is 15.2. The third-order valence-corrected chi connectivity index (χ3v) is 4.15. The fraction of sp³-hybridized carbons (Fsp3) is 0.150. The first kappa shape index (κ1) is 18.4. The van der Waals surface area contributed by atoms with E-state index in [0.29, 0.717) is 28.3 Å². The highest BCUT2D eigenvalue weighted by Gasteiger charge is 2.19. The Hall–Kier alpha value is -4.01. The van der Waals surface area contributed by atoms with Crippen molar-refractivity contribution in [2.45, 2.75) is 0 Å². The maximum Gasteiger partial charge on any atom is 0.351 e. The molecule has 0 unspecified atom stereocenters. The molecule has 1 N–H and O–H groups in total. The van der Waals surface area contributed by atoms with Crippen molar-refractivity contribution in [3.63, 3.8) is 0 Å². The molecular formula is C20H15NO8. The summed E-state index contributed by atoms with van der Waals surface area (Å²) in [5.74, 6) is -0.103. The molecule has 0 spiro atoms. The smallest absolute Gasteiger partial charge is 0.351 e. The van der Waals surface area contributed by atoms with E-state index < -0.39 is 24.1 Å². The molecule has 1 aliphatic heterocycles. The van der Waals surface area contributed by atoms with Crippen LogP contribution in [0.5, 0.6) is 17.2 Å². The van der Waals surface area contributed by atoms with Gasteiger partial charge in [0.25, 0.3) is 5.91 Å². The molecule has 1 aliphatic rings. The first-order valence-electron chi connectivity index (χ1n) is 8.52. The van der Waals surface area contributed by atoms with Gasteiger partial charge in [-0.05, 0) is 24.3 Å². The Bertz CT molecular complexity index is 1170. The lowest BCUT2D eigenvalue weighted by atomic mass is 10.2. The Morgan fingerprint density at radius 2 is 1.93 bits per heavy atom. The topological polar surface area (TPSA) is 113 Å². The van der Waals surface area contributed by atoms with Gasteiger partial charge < -0.3 is 28.7 Å². The molecule has 0 radical (unpaired) electrons. The highest BCUT2D eigenvalue weighted by atomic mass is 16.7. The van der Waals surface area contributed by atoms with E-state index >= 15 is 0 Å². The van der Waals surface area contributed by atoms with Gasteiger partial charge in [0, 0.05) is 17.1 Å². The van der Waals surface area contributed by atoms with Crippen LogP contribution in [0.1, 0.15) is 10.4 Å². The van der Waals surface area contributed by atoms with Crippen LogP contribution in [-0.2, 0) is 9.53 Å². The Labute approximate surface area is 163 Å². The Morgan fingerprint density at radius 1 is 1.10 bits per heavy atom. The van der Waals surface area contributed by atoms with Crippen LogP contribution < -0.4 is 25.2 Å². The molecule has 0 saturated heterocycles. The molecule has 0 aliphatic carbocycles. The predicted molar refractivity (Wildman–Crippen MR) is 101 cm³/mol. The van der Waals surface area contributed by atoms with Crippen LogP contribution in [0.4, 0.5) is 5.69 Å². The lowest BCUT2D eigenvalue weighted by Crippen LogP contribution is -2.23. The molecule has 9 nitrogen and oxygen atoms in total. The molecule has 0 bridgehead atoms. The second-order valence-electron chi connectivity index (χ2n) is 6.02. The molecule has 1 amide bonds. The lowest BCUT2D eigenvalue weighted by Gasteiger charge is -2.08. The van der Waals surface area contributed by atoms with Crippen molar-refractivity contribution in [3.8, 4) is 17.2 Å². The zero-order valence-electron chi connectivity index (χ0n) is 15.2. The van der Waals surface area contributed by atoms with Gasteiger partial charge in [-0.15, -0.1) is 0 Å². The fourth-order valence-electron chi connectivity index (χ4n) is 2.80. The molecule has 29 heavy (non-hydrogen) atoms. The third kappa shape index (κ3) is 3.70. The first-order valence-corrected chi connectivity index (χ1v) is 8.52. The van der Waals surface area contributed by atoms with E-state index in [4.69, 9.17) is 23.4 Å². The summed E-state index contributed by atoms with van der Waals surface area (Å²) < 4.78 is 25.7. The maximum atomic E-state index is 12.2. The van der Waals surface area contributed by atoms with Gasteiger partial charge in [-0.1, -0.05) is 12.1 Å². The molecule has 148 valence electrons. The van der Waals surface area contributed by atoms with Crippen LogP contribution in [-0.4, -0.2) is 32.4 Å². The summed E-state index contributed by atoms with van der Waals surface area (Å²) in [4.78, 5) is 36.4. The monoisotopic (exact) mass is 397 g/mol. The summed E-state index contributed by atoms with van der Waals surface area (Å²) in [6.07, 6.45) is 0. The highest BCUT2D eigenvalue weighted by molar-refractivity contribution is 5.97. The molecule has 4 rings (SSSR count). The number of rotatable bonds is 5. The average Bonchev–Trinajstić information content (AvgIpc) is 3.19. The number of carbonyl (C=O) groups excluding carboxylic acids is 2. The quantitative estimate of drug-likeness (QED) is 0.516. The van der Waals surface area contributed by atoms with Crippen LogP contribution in [0.15, 0.2) is 51.7 Å². The second-order valence-corrected chi connectivity index (χ2v) is 6.02. The minimum absolute atomic E-state index is 0.116. The van der Waals surface area contributed by atoms with Crippen LogP contribution in [0.25, 0.3) is 11.0 Å². The number of carbonyl (C=O) groups is 2. The van der Waals surface area contributed by atoms with Gasteiger partial charge in [0.2, 0.25) is 6.79 Å². The summed E-state index contributed by atoms with van der Waals surface area (Å²) in [5.41, 5.74) is -0.533. The standard InChI is InChI=1S/C20H15NO8/c1-25-15-4-2-3-11-7-13(20(24)29-18(11)15)19(23)26-9-17(22)21-12-5-6-14-16(8-12)28-10-27-14/h2-8H,9-10H2,1H3,(H,21,22). The van der Waals surface area contributed by atoms with Crippen molar-refractivity contribution in [1.82, 2.24) is 0 Å². The Balaban J connectivity index is 1.43. The van der Waals surface area contributed by atoms with Crippen LogP contribution >= 0.6 is 0 Å². The summed E-state index contributed by atoms with van der Waals surface area (Å²) in [7, 11) is 1.44. The number of amides is 1. The van der Waals surface area contributed by atoms with Gasteiger partial charge in [-0.3, -0.25) is 4.79 Å². The number of esters is 1. The normalized spacial score (nSPS) is 11.9. The molecule has 3 aromatic rings. The first-order chi connectivity index (χ1) is 14.0. The SMILES string of the molecule is COc1cccc2cc(C(=O)OCC(=O)Nc3ccc4c(c3)OCO4)c(=O)oc12. The third-order valence-electron chi connectivity index (χ3n) is 4.15. The van der Waals surface area contributed by atoms with Crippen molar-refractivity contribution in [2.75, 3.05) is 25.8 Å². The molecule has 0 fully saturated rings. The molecule has 0 atom stereocenters. The number of anilines is 1. The van der Waals surface area contributed by atoms with Crippen LogP contribution in [0, 0.1) is 0 Å². The van der Waals surface area contributed by atoms with E-state index in [0.717, 1.165) is 0 Å². The molecule has 2 heterocycles. The highest BCUT2D eigenvalue weighted by Crippen LogP contribution is 2.34. The van der Waals surface area contributed by atoms with E-state index in [1.807, 2.05) is 0 Å². The fourth-order valence-corrected chi connectivity index (χ4v) is 2.80. The summed E-state index contributed by atoms with van der Waals surface area (Å²) >= 11 is 0. The van der Waals surface area contributed by atoms with Gasteiger partial charge in [0.1, 0.15) is 5.56 Å². The number of hydrogen-bond donors (Lipinski definition) is 1.